The Morgan fingerprint density at radius 2 is 2.00 bits per heavy atom. The Balaban J connectivity index is 1.86. The highest BCUT2D eigenvalue weighted by molar-refractivity contribution is 5.27. The average Bonchev–Trinajstić information content (AvgIpc) is 2.90. The molecule has 1 heterocycles. The first kappa shape index (κ1) is 14.2. The molecule has 0 aliphatic carbocycles. The Hall–Kier alpha value is -2.25. The van der Waals surface area contributed by atoms with Gasteiger partial charge in [-0.1, -0.05) is 12.1 Å². The molecule has 1 atom stereocenters. The number of ether oxygens (including phenoxy) is 1. The molecule has 0 fully saturated rings. The van der Waals surface area contributed by atoms with E-state index in [1.807, 2.05) is 49.4 Å². The van der Waals surface area contributed by atoms with Crippen LogP contribution in [0.3, 0.4) is 0 Å². The number of rotatable bonds is 6. The Morgan fingerprint density at radius 1 is 1.25 bits per heavy atom. The minimum absolute atomic E-state index is 0.0759. The number of hydrogen-bond donors (Lipinski definition) is 1. The molecule has 2 aromatic rings. The van der Waals surface area contributed by atoms with Crippen LogP contribution in [-0.2, 0) is 6.54 Å². The standard InChI is InChI=1S/C16H18N2O2/c1-12-3-8-16(20-12)13(2)18-11-14-4-6-15(7-5-14)19-10-9-17/h3-8,13,18H,10-11H2,1-2H3. The molecule has 2 rings (SSSR count). The molecule has 4 heteroatoms. The summed E-state index contributed by atoms with van der Waals surface area (Å²) in [5.41, 5.74) is 1.16. The molecule has 20 heavy (non-hydrogen) atoms. The number of nitrogens with one attached hydrogen (secondary N) is 1. The van der Waals surface area contributed by atoms with Crippen LogP contribution in [0.2, 0.25) is 0 Å². The van der Waals surface area contributed by atoms with Gasteiger partial charge in [0.25, 0.3) is 0 Å². The van der Waals surface area contributed by atoms with Gasteiger partial charge in [-0.3, -0.25) is 0 Å². The van der Waals surface area contributed by atoms with Gasteiger partial charge in [-0.2, -0.15) is 5.26 Å². The second-order valence-electron chi connectivity index (χ2n) is 4.64. The Bertz CT molecular complexity index is 581. The Morgan fingerprint density at radius 3 is 2.60 bits per heavy atom. The molecule has 0 saturated carbocycles. The van der Waals surface area contributed by atoms with Crippen LogP contribution in [0.1, 0.15) is 30.0 Å². The van der Waals surface area contributed by atoms with Gasteiger partial charge in [-0.15, -0.1) is 0 Å². The van der Waals surface area contributed by atoms with Crippen molar-refractivity contribution < 1.29 is 9.15 Å². The first-order chi connectivity index (χ1) is 9.69. The molecule has 104 valence electrons. The van der Waals surface area contributed by atoms with E-state index in [4.69, 9.17) is 14.4 Å². The summed E-state index contributed by atoms with van der Waals surface area (Å²) in [6.07, 6.45) is 0. The van der Waals surface area contributed by atoms with Crippen LogP contribution >= 0.6 is 0 Å². The van der Waals surface area contributed by atoms with E-state index in [2.05, 4.69) is 12.2 Å². The van der Waals surface area contributed by atoms with Crippen molar-refractivity contribution in [1.82, 2.24) is 5.32 Å². The average molecular weight is 270 g/mol. The Labute approximate surface area is 119 Å². The molecule has 1 N–H and O–H groups in total. The summed E-state index contributed by atoms with van der Waals surface area (Å²) in [4.78, 5) is 0. The zero-order chi connectivity index (χ0) is 14.4. The molecule has 1 aromatic carbocycles. The summed E-state index contributed by atoms with van der Waals surface area (Å²) in [5.74, 6) is 2.58. The van der Waals surface area contributed by atoms with Crippen molar-refractivity contribution in [3.8, 4) is 11.8 Å². The molecule has 4 nitrogen and oxygen atoms in total. The molecular weight excluding hydrogens is 252 g/mol. The first-order valence-electron chi connectivity index (χ1n) is 6.57. The van der Waals surface area contributed by atoms with E-state index in [9.17, 15) is 0 Å². The summed E-state index contributed by atoms with van der Waals surface area (Å²) in [5, 5.41) is 11.8. The highest BCUT2D eigenvalue weighted by Crippen LogP contribution is 2.17. The van der Waals surface area contributed by atoms with Crippen LogP contribution < -0.4 is 10.1 Å². The van der Waals surface area contributed by atoms with Gasteiger partial charge in [0.05, 0.1) is 6.04 Å². The zero-order valence-electron chi connectivity index (χ0n) is 11.7. The maximum absolute atomic E-state index is 8.44. The monoisotopic (exact) mass is 270 g/mol. The number of hydrogen-bond acceptors (Lipinski definition) is 4. The van der Waals surface area contributed by atoms with E-state index in [0.29, 0.717) is 5.75 Å². The SMILES string of the molecule is Cc1ccc(C(C)NCc2ccc(OCC#N)cc2)o1. The molecule has 0 spiro atoms. The van der Waals surface area contributed by atoms with Crippen LogP contribution in [0, 0.1) is 18.3 Å². The van der Waals surface area contributed by atoms with E-state index >= 15 is 0 Å². The molecule has 1 unspecified atom stereocenters. The largest absolute Gasteiger partial charge is 0.479 e. The summed E-state index contributed by atoms with van der Waals surface area (Å²) in [6.45, 7) is 4.84. The van der Waals surface area contributed by atoms with Gasteiger partial charge < -0.3 is 14.5 Å². The lowest BCUT2D eigenvalue weighted by Gasteiger charge is -2.11. The van der Waals surface area contributed by atoms with Crippen molar-refractivity contribution in [3.63, 3.8) is 0 Å². The highest BCUT2D eigenvalue weighted by atomic mass is 16.5. The predicted molar refractivity (Wildman–Crippen MR) is 76.2 cm³/mol. The van der Waals surface area contributed by atoms with Crippen molar-refractivity contribution in [1.29, 1.82) is 5.26 Å². The molecular formula is C16H18N2O2. The van der Waals surface area contributed by atoms with Gasteiger partial charge in [0.15, 0.2) is 6.61 Å². The second kappa shape index (κ2) is 6.78. The molecule has 0 aliphatic heterocycles. The van der Waals surface area contributed by atoms with Gasteiger partial charge in [0.2, 0.25) is 0 Å². The fourth-order valence-corrected chi connectivity index (χ4v) is 1.88. The lowest BCUT2D eigenvalue weighted by Crippen LogP contribution is -2.17. The topological polar surface area (TPSA) is 58.2 Å². The highest BCUT2D eigenvalue weighted by Gasteiger charge is 2.08. The maximum atomic E-state index is 8.44. The van der Waals surface area contributed by atoms with Gasteiger partial charge in [-0.25, -0.2) is 0 Å². The molecule has 1 aromatic heterocycles. The molecule has 0 saturated heterocycles. The quantitative estimate of drug-likeness (QED) is 0.874. The lowest BCUT2D eigenvalue weighted by atomic mass is 10.2. The smallest absolute Gasteiger partial charge is 0.174 e. The third kappa shape index (κ3) is 3.87. The van der Waals surface area contributed by atoms with Crippen LogP contribution in [0.15, 0.2) is 40.8 Å². The fourth-order valence-electron chi connectivity index (χ4n) is 1.88. The maximum Gasteiger partial charge on any atom is 0.174 e. The summed E-state index contributed by atoms with van der Waals surface area (Å²) >= 11 is 0. The van der Waals surface area contributed by atoms with Crippen LogP contribution in [-0.4, -0.2) is 6.61 Å². The van der Waals surface area contributed by atoms with Gasteiger partial charge in [0, 0.05) is 6.54 Å². The second-order valence-corrected chi connectivity index (χ2v) is 4.64. The minimum atomic E-state index is 0.0759. The number of aryl methyl sites for hydroxylation is 1. The van der Waals surface area contributed by atoms with Crippen LogP contribution in [0.4, 0.5) is 0 Å². The minimum Gasteiger partial charge on any atom is -0.479 e. The zero-order valence-corrected chi connectivity index (χ0v) is 11.7. The molecule has 0 radical (unpaired) electrons. The summed E-state index contributed by atoms with van der Waals surface area (Å²) in [7, 11) is 0. The third-order valence-electron chi connectivity index (χ3n) is 3.03. The number of nitrogens with zero attached hydrogens (tertiary/aromatic N) is 1. The van der Waals surface area contributed by atoms with Crippen molar-refractivity contribution >= 4 is 0 Å². The normalized spacial score (nSPS) is 11.8. The summed E-state index contributed by atoms with van der Waals surface area (Å²) < 4.78 is 10.8. The van der Waals surface area contributed by atoms with Crippen molar-refractivity contribution in [2.45, 2.75) is 26.4 Å². The summed E-state index contributed by atoms with van der Waals surface area (Å²) in [6, 6.07) is 13.8. The molecule has 0 amide bonds. The van der Waals surface area contributed by atoms with Crippen molar-refractivity contribution in [3.05, 3.63) is 53.5 Å². The van der Waals surface area contributed by atoms with E-state index in [1.54, 1.807) is 0 Å². The van der Waals surface area contributed by atoms with E-state index < -0.39 is 0 Å². The number of furan rings is 1. The van der Waals surface area contributed by atoms with E-state index in [0.717, 1.165) is 23.6 Å². The Kier molecular flexibility index (Phi) is 4.80. The van der Waals surface area contributed by atoms with Gasteiger partial charge in [0.1, 0.15) is 23.3 Å². The van der Waals surface area contributed by atoms with Crippen molar-refractivity contribution in [2.24, 2.45) is 0 Å². The van der Waals surface area contributed by atoms with Gasteiger partial charge >= 0.3 is 0 Å². The van der Waals surface area contributed by atoms with E-state index in [1.165, 1.54) is 0 Å². The van der Waals surface area contributed by atoms with E-state index in [-0.39, 0.29) is 12.6 Å². The van der Waals surface area contributed by atoms with Gasteiger partial charge in [-0.05, 0) is 43.7 Å². The number of nitriles is 1. The van der Waals surface area contributed by atoms with Crippen LogP contribution in [0.25, 0.3) is 0 Å². The van der Waals surface area contributed by atoms with Crippen LogP contribution in [0.5, 0.6) is 5.75 Å². The predicted octanol–water partition coefficient (Wildman–Crippen LogP) is 3.34. The first-order valence-corrected chi connectivity index (χ1v) is 6.57. The number of benzene rings is 1. The fraction of sp³-hybridized carbons (Fsp3) is 0.312. The molecule has 0 aliphatic rings. The lowest BCUT2D eigenvalue weighted by molar-refractivity contribution is 0.368. The van der Waals surface area contributed by atoms with Crippen molar-refractivity contribution in [2.75, 3.05) is 6.61 Å². The molecule has 0 bridgehead atoms. The third-order valence-corrected chi connectivity index (χ3v) is 3.03.